The van der Waals surface area contributed by atoms with Crippen LogP contribution in [0.2, 0.25) is 0 Å². The van der Waals surface area contributed by atoms with Crippen LogP contribution in [-0.2, 0) is 24.4 Å². The Bertz CT molecular complexity index is 734. The van der Waals surface area contributed by atoms with Gasteiger partial charge in [0.05, 0.1) is 4.90 Å². The van der Waals surface area contributed by atoms with Crippen molar-refractivity contribution in [2.24, 2.45) is 0 Å². The molecule has 1 aliphatic heterocycles. The van der Waals surface area contributed by atoms with Crippen molar-refractivity contribution in [3.05, 3.63) is 30.3 Å². The Labute approximate surface area is 130 Å². The fraction of sp³-hybridized carbons (Fsp3) is 0.500. The highest BCUT2D eigenvalue weighted by Crippen LogP contribution is 2.34. The van der Waals surface area contributed by atoms with E-state index in [1.807, 2.05) is 0 Å². The van der Waals surface area contributed by atoms with E-state index >= 15 is 0 Å². The number of piperazine rings is 1. The number of likely N-dealkylation sites (N-methyl/N-ethyl adjacent to an activating group) is 1. The molecule has 1 aliphatic rings. The first kappa shape index (κ1) is 17.3. The van der Waals surface area contributed by atoms with Crippen LogP contribution in [0, 0.1) is 0 Å². The van der Waals surface area contributed by atoms with Gasteiger partial charge in [0.2, 0.25) is 9.84 Å². The maximum atomic E-state index is 13.0. The minimum Gasteiger partial charge on any atom is -0.287 e. The van der Waals surface area contributed by atoms with Crippen LogP contribution in [0.3, 0.4) is 0 Å². The molecular formula is C12H18N2O6S2. The summed E-state index contributed by atoms with van der Waals surface area (Å²) >= 11 is 0. The van der Waals surface area contributed by atoms with Gasteiger partial charge in [-0.05, 0) is 26.1 Å². The highest BCUT2D eigenvalue weighted by atomic mass is 32.3. The fourth-order valence-corrected chi connectivity index (χ4v) is 4.87. The van der Waals surface area contributed by atoms with E-state index in [9.17, 15) is 16.8 Å². The molecule has 1 fully saturated rings. The standard InChI is InChI=1S/C12H18N2O6S2/c1-12(21(15,16)10-6-4-3-5-7-10)11(20-22(17,18)19)13-8-9-14(12)2/h3-7,11,13H,8-9H2,1-2H3,(H,17,18,19). The predicted molar refractivity (Wildman–Crippen MR) is 79.1 cm³/mol. The number of hydrogen-bond acceptors (Lipinski definition) is 7. The number of sulfone groups is 1. The minimum absolute atomic E-state index is 0.0389. The molecule has 10 heteroatoms. The summed E-state index contributed by atoms with van der Waals surface area (Å²) in [6.07, 6.45) is -1.44. The van der Waals surface area contributed by atoms with Crippen LogP contribution in [0.25, 0.3) is 0 Å². The molecule has 0 bridgehead atoms. The molecule has 0 saturated carbocycles. The monoisotopic (exact) mass is 350 g/mol. The molecule has 2 rings (SSSR count). The maximum Gasteiger partial charge on any atom is 0.398 e. The second-order valence-corrected chi connectivity index (χ2v) is 8.50. The third-order valence-corrected chi connectivity index (χ3v) is 6.78. The van der Waals surface area contributed by atoms with Gasteiger partial charge in [0.25, 0.3) is 0 Å². The number of rotatable bonds is 4. The molecule has 1 aromatic rings. The highest BCUT2D eigenvalue weighted by molar-refractivity contribution is 7.92. The summed E-state index contributed by atoms with van der Waals surface area (Å²) in [5.41, 5.74) is 0. The van der Waals surface area contributed by atoms with Gasteiger partial charge in [0.1, 0.15) is 0 Å². The topological polar surface area (TPSA) is 113 Å². The van der Waals surface area contributed by atoms with E-state index in [1.165, 1.54) is 24.0 Å². The summed E-state index contributed by atoms with van der Waals surface area (Å²) in [5.74, 6) is 0. The second kappa shape index (κ2) is 5.87. The lowest BCUT2D eigenvalue weighted by Gasteiger charge is -2.46. The third kappa shape index (κ3) is 3.03. The second-order valence-electron chi connectivity index (χ2n) is 5.15. The molecule has 0 aromatic heterocycles. The molecule has 1 aromatic carbocycles. The van der Waals surface area contributed by atoms with E-state index in [1.54, 1.807) is 25.2 Å². The van der Waals surface area contributed by atoms with E-state index in [-0.39, 0.29) is 4.90 Å². The van der Waals surface area contributed by atoms with Crippen LogP contribution in [-0.4, -0.2) is 57.5 Å². The Balaban J connectivity index is 2.54. The largest absolute Gasteiger partial charge is 0.398 e. The van der Waals surface area contributed by atoms with Crippen LogP contribution >= 0.6 is 0 Å². The number of nitrogens with zero attached hydrogens (tertiary/aromatic N) is 1. The normalized spacial score (nSPS) is 27.7. The van der Waals surface area contributed by atoms with Crippen molar-refractivity contribution in [2.75, 3.05) is 20.1 Å². The van der Waals surface area contributed by atoms with Gasteiger partial charge in [-0.2, -0.15) is 8.42 Å². The van der Waals surface area contributed by atoms with E-state index < -0.39 is 31.3 Å². The average Bonchev–Trinajstić information content (AvgIpc) is 2.43. The predicted octanol–water partition coefficient (Wildman–Crippen LogP) is -0.143. The third-order valence-electron chi connectivity index (χ3n) is 3.84. The van der Waals surface area contributed by atoms with E-state index in [0.29, 0.717) is 13.1 Å². The number of nitrogens with one attached hydrogen (secondary N) is 1. The van der Waals surface area contributed by atoms with Gasteiger partial charge in [-0.15, -0.1) is 0 Å². The highest BCUT2D eigenvalue weighted by Gasteiger charge is 2.54. The number of benzene rings is 1. The lowest BCUT2D eigenvalue weighted by molar-refractivity contribution is 0.00817. The Morgan fingerprint density at radius 2 is 1.86 bits per heavy atom. The van der Waals surface area contributed by atoms with Crippen molar-refractivity contribution < 1.29 is 25.6 Å². The Hall–Kier alpha value is -1.04. The molecule has 0 radical (unpaired) electrons. The molecule has 0 amide bonds. The van der Waals surface area contributed by atoms with E-state index in [2.05, 4.69) is 9.50 Å². The van der Waals surface area contributed by atoms with Crippen molar-refractivity contribution in [1.82, 2.24) is 10.2 Å². The molecule has 0 aliphatic carbocycles. The van der Waals surface area contributed by atoms with Crippen LogP contribution in [0.15, 0.2) is 35.2 Å². The lowest BCUT2D eigenvalue weighted by Crippen LogP contribution is -2.69. The zero-order valence-corrected chi connectivity index (χ0v) is 13.8. The molecular weight excluding hydrogens is 332 g/mol. The van der Waals surface area contributed by atoms with Crippen molar-refractivity contribution in [3.8, 4) is 0 Å². The van der Waals surface area contributed by atoms with E-state index in [0.717, 1.165) is 0 Å². The fourth-order valence-electron chi connectivity index (χ4n) is 2.40. The maximum absolute atomic E-state index is 13.0. The first-order valence-electron chi connectivity index (χ1n) is 6.49. The molecule has 1 saturated heterocycles. The molecule has 2 unspecified atom stereocenters. The van der Waals surface area contributed by atoms with Gasteiger partial charge in [0.15, 0.2) is 11.1 Å². The summed E-state index contributed by atoms with van der Waals surface area (Å²) in [6, 6.07) is 7.67. The van der Waals surface area contributed by atoms with Gasteiger partial charge in [0, 0.05) is 13.1 Å². The van der Waals surface area contributed by atoms with Crippen LogP contribution in [0.4, 0.5) is 0 Å². The van der Waals surface area contributed by atoms with Gasteiger partial charge in [-0.3, -0.25) is 14.8 Å². The summed E-state index contributed by atoms with van der Waals surface area (Å²) < 4.78 is 61.5. The van der Waals surface area contributed by atoms with Gasteiger partial charge in [-0.1, -0.05) is 18.2 Å². The first-order chi connectivity index (χ1) is 10.1. The summed E-state index contributed by atoms with van der Waals surface area (Å²) in [4.78, 5) is -0.179. The molecule has 2 atom stereocenters. The lowest BCUT2D eigenvalue weighted by atomic mass is 10.2. The van der Waals surface area contributed by atoms with Crippen LogP contribution in [0.5, 0.6) is 0 Å². The van der Waals surface area contributed by atoms with Crippen LogP contribution < -0.4 is 5.32 Å². The van der Waals surface area contributed by atoms with Crippen molar-refractivity contribution in [2.45, 2.75) is 22.9 Å². The molecule has 0 spiro atoms. The SMILES string of the molecule is CN1CCNC(OS(=O)(=O)O)C1(C)S(=O)(=O)c1ccccc1. The van der Waals surface area contributed by atoms with Gasteiger partial charge < -0.3 is 0 Å². The smallest absolute Gasteiger partial charge is 0.287 e. The zero-order chi connectivity index (χ0) is 16.6. The molecule has 2 N–H and O–H groups in total. The molecule has 124 valence electrons. The summed E-state index contributed by atoms with van der Waals surface area (Å²) in [5, 5.41) is 2.69. The molecule has 8 nitrogen and oxygen atoms in total. The zero-order valence-electron chi connectivity index (χ0n) is 12.1. The van der Waals surface area contributed by atoms with Crippen molar-refractivity contribution >= 4 is 20.2 Å². The minimum atomic E-state index is -4.81. The van der Waals surface area contributed by atoms with E-state index in [4.69, 9.17) is 4.55 Å². The first-order valence-corrected chi connectivity index (χ1v) is 9.34. The summed E-state index contributed by atoms with van der Waals surface area (Å²) in [7, 11) is -7.23. The molecule has 1 heterocycles. The quantitative estimate of drug-likeness (QED) is 0.721. The molecule has 22 heavy (non-hydrogen) atoms. The van der Waals surface area contributed by atoms with Crippen LogP contribution in [0.1, 0.15) is 6.92 Å². The van der Waals surface area contributed by atoms with Crippen molar-refractivity contribution in [3.63, 3.8) is 0 Å². The summed E-state index contributed by atoms with van der Waals surface area (Å²) in [6.45, 7) is 2.04. The Morgan fingerprint density at radius 3 is 2.41 bits per heavy atom. The van der Waals surface area contributed by atoms with Crippen molar-refractivity contribution in [1.29, 1.82) is 0 Å². The Morgan fingerprint density at radius 1 is 1.27 bits per heavy atom. The Kier molecular flexibility index (Phi) is 4.62. The van der Waals surface area contributed by atoms with Gasteiger partial charge in [-0.25, -0.2) is 12.6 Å². The number of hydrogen-bond donors (Lipinski definition) is 2. The average molecular weight is 350 g/mol. The van der Waals surface area contributed by atoms with Gasteiger partial charge >= 0.3 is 10.4 Å².